The molecule has 0 aliphatic rings. The fraction of sp³-hybridized carbons (Fsp3) is 0.167. The highest BCUT2D eigenvalue weighted by atomic mass is 35.5. The van der Waals surface area contributed by atoms with E-state index < -0.39 is 0 Å². The molecule has 1 aromatic carbocycles. The summed E-state index contributed by atoms with van der Waals surface area (Å²) in [6, 6.07) is 10.6. The van der Waals surface area contributed by atoms with Gasteiger partial charge in [-0.1, -0.05) is 24.3 Å². The molecule has 0 aliphatic carbocycles. The molecule has 2 rings (SSSR count). The molecule has 2 heteroatoms. The molecular weight excluding hydrogens is 212 g/mol. The molecule has 72 valence electrons. The molecular formula is C12H11ClS. The SMILES string of the molecule is Cc1cc(CCl)ccc1-c1cccs1. The summed E-state index contributed by atoms with van der Waals surface area (Å²) in [6.45, 7) is 2.13. The van der Waals surface area contributed by atoms with Crippen LogP contribution in [0.1, 0.15) is 11.1 Å². The van der Waals surface area contributed by atoms with Crippen LogP contribution >= 0.6 is 22.9 Å². The van der Waals surface area contributed by atoms with Crippen LogP contribution < -0.4 is 0 Å². The van der Waals surface area contributed by atoms with Crippen molar-refractivity contribution in [2.45, 2.75) is 12.8 Å². The van der Waals surface area contributed by atoms with E-state index in [1.54, 1.807) is 11.3 Å². The van der Waals surface area contributed by atoms with E-state index in [-0.39, 0.29) is 0 Å². The number of hydrogen-bond acceptors (Lipinski definition) is 1. The minimum absolute atomic E-state index is 0.589. The van der Waals surface area contributed by atoms with Gasteiger partial charge in [-0.3, -0.25) is 0 Å². The number of halogens is 1. The van der Waals surface area contributed by atoms with Crippen LogP contribution in [-0.2, 0) is 5.88 Å². The minimum atomic E-state index is 0.589. The lowest BCUT2D eigenvalue weighted by Crippen LogP contribution is -1.83. The van der Waals surface area contributed by atoms with Gasteiger partial charge in [0, 0.05) is 10.8 Å². The van der Waals surface area contributed by atoms with Gasteiger partial charge in [-0.05, 0) is 35.1 Å². The molecule has 0 amide bonds. The zero-order valence-corrected chi connectivity index (χ0v) is 9.53. The third-order valence-electron chi connectivity index (χ3n) is 2.23. The van der Waals surface area contributed by atoms with E-state index >= 15 is 0 Å². The predicted octanol–water partition coefficient (Wildman–Crippen LogP) is 4.46. The van der Waals surface area contributed by atoms with E-state index in [2.05, 4.69) is 42.6 Å². The van der Waals surface area contributed by atoms with Crippen LogP contribution in [-0.4, -0.2) is 0 Å². The van der Waals surface area contributed by atoms with Gasteiger partial charge in [0.15, 0.2) is 0 Å². The van der Waals surface area contributed by atoms with Crippen molar-refractivity contribution in [1.82, 2.24) is 0 Å². The zero-order chi connectivity index (χ0) is 9.97. The van der Waals surface area contributed by atoms with Crippen molar-refractivity contribution in [1.29, 1.82) is 0 Å². The molecule has 0 radical (unpaired) electrons. The monoisotopic (exact) mass is 222 g/mol. The van der Waals surface area contributed by atoms with Gasteiger partial charge in [0.05, 0.1) is 0 Å². The average Bonchev–Trinajstić information content (AvgIpc) is 2.70. The Morgan fingerprint density at radius 3 is 2.71 bits per heavy atom. The summed E-state index contributed by atoms with van der Waals surface area (Å²) < 4.78 is 0. The Bertz CT molecular complexity index is 418. The third-order valence-corrected chi connectivity index (χ3v) is 3.44. The van der Waals surface area contributed by atoms with Crippen LogP contribution in [0.25, 0.3) is 10.4 Å². The van der Waals surface area contributed by atoms with Crippen molar-refractivity contribution in [3.05, 3.63) is 46.8 Å². The lowest BCUT2D eigenvalue weighted by atomic mass is 10.0. The first kappa shape index (κ1) is 9.75. The molecule has 0 saturated carbocycles. The summed E-state index contributed by atoms with van der Waals surface area (Å²) in [5.74, 6) is 0.589. The molecule has 0 bridgehead atoms. The maximum Gasteiger partial charge on any atom is 0.0474 e. The maximum atomic E-state index is 5.78. The second-order valence-electron chi connectivity index (χ2n) is 3.26. The van der Waals surface area contributed by atoms with Crippen LogP contribution in [0.3, 0.4) is 0 Å². The predicted molar refractivity (Wildman–Crippen MR) is 64.0 cm³/mol. The molecule has 0 saturated heterocycles. The molecule has 2 aromatic rings. The van der Waals surface area contributed by atoms with Crippen molar-refractivity contribution in [2.75, 3.05) is 0 Å². The second kappa shape index (κ2) is 4.16. The van der Waals surface area contributed by atoms with Gasteiger partial charge in [-0.25, -0.2) is 0 Å². The second-order valence-corrected chi connectivity index (χ2v) is 4.48. The fourth-order valence-corrected chi connectivity index (χ4v) is 2.50. The highest BCUT2D eigenvalue weighted by Gasteiger charge is 2.02. The van der Waals surface area contributed by atoms with Gasteiger partial charge >= 0.3 is 0 Å². The summed E-state index contributed by atoms with van der Waals surface area (Å²) in [5, 5.41) is 2.10. The fourth-order valence-electron chi connectivity index (χ4n) is 1.52. The topological polar surface area (TPSA) is 0 Å². The number of aryl methyl sites for hydroxylation is 1. The van der Waals surface area contributed by atoms with Crippen molar-refractivity contribution < 1.29 is 0 Å². The van der Waals surface area contributed by atoms with Gasteiger partial charge in [0.1, 0.15) is 0 Å². The standard InChI is InChI=1S/C12H11ClS/c1-9-7-10(8-13)4-5-11(9)12-3-2-6-14-12/h2-7H,8H2,1H3. The Hall–Kier alpha value is -0.790. The number of thiophene rings is 1. The molecule has 0 fully saturated rings. The van der Waals surface area contributed by atoms with Crippen LogP contribution in [0.4, 0.5) is 0 Å². The quantitative estimate of drug-likeness (QED) is 0.658. The van der Waals surface area contributed by atoms with Gasteiger partial charge in [0.25, 0.3) is 0 Å². The summed E-state index contributed by atoms with van der Waals surface area (Å²) in [4.78, 5) is 1.32. The van der Waals surface area contributed by atoms with Crippen LogP contribution in [0.15, 0.2) is 35.7 Å². The Balaban J connectivity index is 2.46. The van der Waals surface area contributed by atoms with Gasteiger partial charge < -0.3 is 0 Å². The van der Waals surface area contributed by atoms with E-state index in [0.717, 1.165) is 0 Å². The first-order valence-corrected chi connectivity index (χ1v) is 5.92. The lowest BCUT2D eigenvalue weighted by molar-refractivity contribution is 1.35. The zero-order valence-electron chi connectivity index (χ0n) is 7.96. The first-order valence-electron chi connectivity index (χ1n) is 4.50. The Labute approximate surface area is 93.2 Å². The Kier molecular flexibility index (Phi) is 2.90. The van der Waals surface area contributed by atoms with Crippen LogP contribution in [0, 0.1) is 6.92 Å². The van der Waals surface area contributed by atoms with Gasteiger partial charge in [-0.15, -0.1) is 22.9 Å². The molecule has 0 atom stereocenters. The number of rotatable bonds is 2. The van der Waals surface area contributed by atoms with Crippen LogP contribution in [0.2, 0.25) is 0 Å². The minimum Gasteiger partial charge on any atom is -0.144 e. The van der Waals surface area contributed by atoms with Gasteiger partial charge in [-0.2, -0.15) is 0 Å². The molecule has 14 heavy (non-hydrogen) atoms. The van der Waals surface area contributed by atoms with E-state index in [4.69, 9.17) is 11.6 Å². The van der Waals surface area contributed by atoms with E-state index in [0.29, 0.717) is 5.88 Å². The van der Waals surface area contributed by atoms with Crippen molar-refractivity contribution in [3.8, 4) is 10.4 Å². The molecule has 1 aromatic heterocycles. The van der Waals surface area contributed by atoms with Gasteiger partial charge in [0.2, 0.25) is 0 Å². The van der Waals surface area contributed by atoms with Crippen molar-refractivity contribution in [3.63, 3.8) is 0 Å². The molecule has 0 N–H and O–H groups in total. The van der Waals surface area contributed by atoms with Crippen molar-refractivity contribution >= 4 is 22.9 Å². The highest BCUT2D eigenvalue weighted by molar-refractivity contribution is 7.13. The normalized spacial score (nSPS) is 10.4. The molecule has 0 aliphatic heterocycles. The third kappa shape index (κ3) is 1.84. The molecule has 0 nitrogen and oxygen atoms in total. The maximum absolute atomic E-state index is 5.78. The Morgan fingerprint density at radius 2 is 2.14 bits per heavy atom. The first-order chi connectivity index (χ1) is 6.81. The summed E-state index contributed by atoms with van der Waals surface area (Å²) in [5.41, 5.74) is 3.80. The van der Waals surface area contributed by atoms with Crippen LogP contribution in [0.5, 0.6) is 0 Å². The number of benzene rings is 1. The van der Waals surface area contributed by atoms with E-state index in [1.165, 1.54) is 21.6 Å². The van der Waals surface area contributed by atoms with E-state index in [1.807, 2.05) is 0 Å². The summed E-state index contributed by atoms with van der Waals surface area (Å²) in [6.07, 6.45) is 0. The summed E-state index contributed by atoms with van der Waals surface area (Å²) in [7, 11) is 0. The molecule has 1 heterocycles. The lowest BCUT2D eigenvalue weighted by Gasteiger charge is -2.04. The average molecular weight is 223 g/mol. The van der Waals surface area contributed by atoms with E-state index in [9.17, 15) is 0 Å². The molecule has 0 unspecified atom stereocenters. The molecule has 0 spiro atoms. The number of alkyl halides is 1. The van der Waals surface area contributed by atoms with Crippen molar-refractivity contribution in [2.24, 2.45) is 0 Å². The summed E-state index contributed by atoms with van der Waals surface area (Å²) >= 11 is 7.55. The largest absolute Gasteiger partial charge is 0.144 e. The highest BCUT2D eigenvalue weighted by Crippen LogP contribution is 2.28. The number of hydrogen-bond donors (Lipinski definition) is 0. The smallest absolute Gasteiger partial charge is 0.0474 e. The Morgan fingerprint density at radius 1 is 1.29 bits per heavy atom.